The summed E-state index contributed by atoms with van der Waals surface area (Å²) in [6, 6.07) is 9.21. The summed E-state index contributed by atoms with van der Waals surface area (Å²) in [7, 11) is 1.24. The number of benzene rings is 1. The fourth-order valence-corrected chi connectivity index (χ4v) is 2.00. The van der Waals surface area contributed by atoms with E-state index in [0.717, 1.165) is 0 Å². The van der Waals surface area contributed by atoms with Gasteiger partial charge in [0.1, 0.15) is 12.4 Å². The molecule has 3 atom stereocenters. The maximum atomic E-state index is 10.9. The summed E-state index contributed by atoms with van der Waals surface area (Å²) in [5.74, 6) is 0.666. The fraction of sp³-hybridized carbons (Fsp3) is 0.500. The number of aliphatic hydroxyl groups is 1. The van der Waals surface area contributed by atoms with Crippen LogP contribution in [0.4, 0.5) is 4.79 Å². The normalized spacial score (nSPS) is 25.8. The Bertz CT molecular complexity index is 421. The summed E-state index contributed by atoms with van der Waals surface area (Å²) in [6.45, 7) is 0.0262. The lowest BCUT2D eigenvalue weighted by atomic mass is 10.1. The lowest BCUT2D eigenvalue weighted by molar-refractivity contribution is -0.186. The quantitative estimate of drug-likeness (QED) is 0.847. The second-order valence-corrected chi connectivity index (χ2v) is 4.51. The number of hydrogen-bond donors (Lipinski definition) is 1. The standard InChI is InChI=1S/C14H18O6/c1-17-14(16)18-9-12-7-10(15)8-13(20-12)19-11-5-3-2-4-6-11/h2-6,10,12-13,15H,7-9H2,1H3. The van der Waals surface area contributed by atoms with Gasteiger partial charge < -0.3 is 24.1 Å². The molecule has 1 heterocycles. The maximum Gasteiger partial charge on any atom is 0.508 e. The van der Waals surface area contributed by atoms with Crippen molar-refractivity contribution in [2.45, 2.75) is 31.3 Å². The summed E-state index contributed by atoms with van der Waals surface area (Å²) in [5.41, 5.74) is 0. The van der Waals surface area contributed by atoms with Crippen LogP contribution in [0.5, 0.6) is 5.75 Å². The number of aliphatic hydroxyl groups excluding tert-OH is 1. The van der Waals surface area contributed by atoms with E-state index in [-0.39, 0.29) is 6.61 Å². The molecule has 0 aromatic heterocycles. The zero-order valence-corrected chi connectivity index (χ0v) is 11.2. The van der Waals surface area contributed by atoms with Crippen molar-refractivity contribution < 1.29 is 28.8 Å². The minimum atomic E-state index is -0.769. The molecule has 1 saturated heterocycles. The summed E-state index contributed by atoms with van der Waals surface area (Å²) in [6.07, 6.45) is -1.52. The highest BCUT2D eigenvalue weighted by Crippen LogP contribution is 2.23. The zero-order chi connectivity index (χ0) is 14.4. The van der Waals surface area contributed by atoms with Crippen LogP contribution in [0.2, 0.25) is 0 Å². The van der Waals surface area contributed by atoms with Gasteiger partial charge in [-0.1, -0.05) is 18.2 Å². The van der Waals surface area contributed by atoms with Crippen molar-refractivity contribution in [3.63, 3.8) is 0 Å². The van der Waals surface area contributed by atoms with Gasteiger partial charge in [-0.3, -0.25) is 0 Å². The second kappa shape index (κ2) is 7.12. The number of carbonyl (C=O) groups is 1. The first-order valence-corrected chi connectivity index (χ1v) is 6.43. The Balaban J connectivity index is 1.86. The molecule has 3 unspecified atom stereocenters. The van der Waals surface area contributed by atoms with E-state index in [1.807, 2.05) is 30.3 Å². The van der Waals surface area contributed by atoms with Gasteiger partial charge in [0.15, 0.2) is 0 Å². The predicted octanol–water partition coefficient (Wildman–Crippen LogP) is 1.71. The third kappa shape index (κ3) is 4.40. The third-order valence-electron chi connectivity index (χ3n) is 2.91. The van der Waals surface area contributed by atoms with Crippen LogP contribution < -0.4 is 4.74 Å². The monoisotopic (exact) mass is 282 g/mol. The van der Waals surface area contributed by atoms with Crippen molar-refractivity contribution in [1.29, 1.82) is 0 Å². The highest BCUT2D eigenvalue weighted by molar-refractivity contribution is 5.59. The van der Waals surface area contributed by atoms with E-state index in [2.05, 4.69) is 4.74 Å². The summed E-state index contributed by atoms with van der Waals surface area (Å²) in [5, 5.41) is 9.82. The lowest BCUT2D eigenvalue weighted by Crippen LogP contribution is -2.41. The Morgan fingerprint density at radius 2 is 2.10 bits per heavy atom. The molecule has 0 aliphatic carbocycles. The summed E-state index contributed by atoms with van der Waals surface area (Å²) in [4.78, 5) is 10.9. The van der Waals surface area contributed by atoms with Gasteiger partial charge in [0.2, 0.25) is 6.29 Å². The van der Waals surface area contributed by atoms with E-state index >= 15 is 0 Å². The Labute approximate surface area is 117 Å². The molecule has 2 rings (SSSR count). The van der Waals surface area contributed by atoms with Gasteiger partial charge in [-0.2, -0.15) is 0 Å². The summed E-state index contributed by atoms with van der Waals surface area (Å²) < 4.78 is 20.5. The molecule has 1 aliphatic rings. The van der Waals surface area contributed by atoms with Crippen molar-refractivity contribution in [3.8, 4) is 5.75 Å². The minimum absolute atomic E-state index is 0.0262. The minimum Gasteiger partial charge on any atom is -0.465 e. The van der Waals surface area contributed by atoms with Crippen LogP contribution in [0, 0.1) is 0 Å². The van der Waals surface area contributed by atoms with Crippen LogP contribution >= 0.6 is 0 Å². The molecular formula is C14H18O6. The van der Waals surface area contributed by atoms with Gasteiger partial charge in [0.05, 0.1) is 19.3 Å². The highest BCUT2D eigenvalue weighted by Gasteiger charge is 2.30. The smallest absolute Gasteiger partial charge is 0.465 e. The van der Waals surface area contributed by atoms with Crippen LogP contribution in [0.25, 0.3) is 0 Å². The fourth-order valence-electron chi connectivity index (χ4n) is 2.00. The Kier molecular flexibility index (Phi) is 5.20. The molecular weight excluding hydrogens is 264 g/mol. The number of rotatable bonds is 4. The van der Waals surface area contributed by atoms with Gasteiger partial charge in [0.25, 0.3) is 0 Å². The maximum absolute atomic E-state index is 10.9. The number of para-hydroxylation sites is 1. The van der Waals surface area contributed by atoms with E-state index in [9.17, 15) is 9.90 Å². The van der Waals surface area contributed by atoms with Gasteiger partial charge in [-0.15, -0.1) is 0 Å². The molecule has 1 aromatic rings. The van der Waals surface area contributed by atoms with Crippen LogP contribution in [0.3, 0.4) is 0 Å². The average Bonchev–Trinajstić information content (AvgIpc) is 2.45. The molecule has 1 aliphatic heterocycles. The van der Waals surface area contributed by atoms with Crippen LogP contribution in [-0.4, -0.2) is 43.5 Å². The van der Waals surface area contributed by atoms with Gasteiger partial charge >= 0.3 is 6.16 Å². The molecule has 1 N–H and O–H groups in total. The number of ether oxygens (including phenoxy) is 4. The van der Waals surface area contributed by atoms with E-state index in [1.165, 1.54) is 7.11 Å². The van der Waals surface area contributed by atoms with Crippen molar-refractivity contribution in [2.75, 3.05) is 13.7 Å². The molecule has 6 nitrogen and oxygen atoms in total. The van der Waals surface area contributed by atoms with E-state index < -0.39 is 24.7 Å². The average molecular weight is 282 g/mol. The molecule has 0 spiro atoms. The van der Waals surface area contributed by atoms with Gasteiger partial charge in [-0.25, -0.2) is 4.79 Å². The SMILES string of the molecule is COC(=O)OCC1CC(O)CC(Oc2ccccc2)O1. The molecule has 6 heteroatoms. The first-order valence-electron chi connectivity index (χ1n) is 6.43. The van der Waals surface area contributed by atoms with Crippen molar-refractivity contribution in [1.82, 2.24) is 0 Å². The van der Waals surface area contributed by atoms with E-state index in [0.29, 0.717) is 18.6 Å². The van der Waals surface area contributed by atoms with Crippen LogP contribution in [-0.2, 0) is 14.2 Å². The highest BCUT2D eigenvalue weighted by atomic mass is 16.7. The Morgan fingerprint density at radius 3 is 2.80 bits per heavy atom. The molecule has 20 heavy (non-hydrogen) atoms. The number of hydrogen-bond acceptors (Lipinski definition) is 6. The predicted molar refractivity (Wildman–Crippen MR) is 69.3 cm³/mol. The van der Waals surface area contributed by atoms with E-state index in [4.69, 9.17) is 14.2 Å². The molecule has 0 radical (unpaired) electrons. The molecule has 0 amide bonds. The topological polar surface area (TPSA) is 74.2 Å². The largest absolute Gasteiger partial charge is 0.508 e. The van der Waals surface area contributed by atoms with Crippen molar-refractivity contribution in [2.24, 2.45) is 0 Å². The molecule has 1 aromatic carbocycles. The lowest BCUT2D eigenvalue weighted by Gasteiger charge is -2.32. The second-order valence-electron chi connectivity index (χ2n) is 4.51. The Hall–Kier alpha value is -1.79. The van der Waals surface area contributed by atoms with Crippen molar-refractivity contribution in [3.05, 3.63) is 30.3 Å². The molecule has 0 saturated carbocycles. The Morgan fingerprint density at radius 1 is 1.35 bits per heavy atom. The first kappa shape index (κ1) is 14.6. The molecule has 1 fully saturated rings. The number of methoxy groups -OCH3 is 1. The molecule has 110 valence electrons. The number of carbonyl (C=O) groups excluding carboxylic acids is 1. The van der Waals surface area contributed by atoms with Crippen LogP contribution in [0.15, 0.2) is 30.3 Å². The van der Waals surface area contributed by atoms with Gasteiger partial charge in [-0.05, 0) is 12.1 Å². The van der Waals surface area contributed by atoms with Crippen LogP contribution in [0.1, 0.15) is 12.8 Å². The summed E-state index contributed by atoms with van der Waals surface area (Å²) >= 11 is 0. The zero-order valence-electron chi connectivity index (χ0n) is 11.2. The van der Waals surface area contributed by atoms with E-state index in [1.54, 1.807) is 0 Å². The van der Waals surface area contributed by atoms with Gasteiger partial charge in [0, 0.05) is 12.8 Å². The first-order chi connectivity index (χ1) is 9.67. The third-order valence-corrected chi connectivity index (χ3v) is 2.91. The van der Waals surface area contributed by atoms with Crippen molar-refractivity contribution >= 4 is 6.16 Å². The molecule has 0 bridgehead atoms.